The minimum atomic E-state index is -0.505. The third kappa shape index (κ3) is 3.29. The monoisotopic (exact) mass is 392 g/mol. The van der Waals surface area contributed by atoms with E-state index >= 15 is 0 Å². The zero-order valence-electron chi connectivity index (χ0n) is 16.2. The summed E-state index contributed by atoms with van der Waals surface area (Å²) in [5.74, 6) is 0.998. The van der Waals surface area contributed by atoms with Crippen molar-refractivity contribution in [2.75, 3.05) is 18.9 Å². The summed E-state index contributed by atoms with van der Waals surface area (Å²) >= 11 is 0. The average Bonchev–Trinajstić information content (AvgIpc) is 3.31. The number of fused-ring (bicyclic) bond motifs is 2. The second-order valence-electron chi connectivity index (χ2n) is 7.65. The molecule has 148 valence electrons. The normalized spacial score (nSPS) is 15.8. The number of amides is 1. The van der Waals surface area contributed by atoms with Gasteiger partial charge in [-0.3, -0.25) is 4.79 Å². The summed E-state index contributed by atoms with van der Waals surface area (Å²) in [7, 11) is 2.02. The Bertz CT molecular complexity index is 1110. The van der Waals surface area contributed by atoms with E-state index in [0.717, 1.165) is 49.3 Å². The molecular formula is C21H21FN6O. The van der Waals surface area contributed by atoms with Gasteiger partial charge in [0.05, 0.1) is 5.56 Å². The van der Waals surface area contributed by atoms with E-state index in [2.05, 4.69) is 25.4 Å². The molecule has 2 aromatic heterocycles. The number of aryl methyl sites for hydroxylation is 1. The molecule has 0 aliphatic carbocycles. The molecule has 4 heterocycles. The van der Waals surface area contributed by atoms with Gasteiger partial charge in [0.25, 0.3) is 5.91 Å². The van der Waals surface area contributed by atoms with Crippen molar-refractivity contribution in [3.8, 4) is 11.5 Å². The van der Waals surface area contributed by atoms with Crippen LogP contribution in [0.25, 0.3) is 11.5 Å². The highest BCUT2D eigenvalue weighted by Gasteiger charge is 2.22. The van der Waals surface area contributed by atoms with E-state index in [9.17, 15) is 9.18 Å². The fraction of sp³-hybridized carbons (Fsp3) is 0.333. The average molecular weight is 392 g/mol. The van der Waals surface area contributed by atoms with Crippen LogP contribution in [-0.2, 0) is 25.9 Å². The number of hydrogen-bond donors (Lipinski definition) is 1. The fourth-order valence-electron chi connectivity index (χ4n) is 4.05. The van der Waals surface area contributed by atoms with Crippen LogP contribution >= 0.6 is 0 Å². The van der Waals surface area contributed by atoms with Crippen molar-refractivity contribution < 1.29 is 9.18 Å². The highest BCUT2D eigenvalue weighted by Crippen LogP contribution is 2.25. The van der Waals surface area contributed by atoms with Gasteiger partial charge in [-0.15, -0.1) is 10.2 Å². The van der Waals surface area contributed by atoms with Gasteiger partial charge in [0.2, 0.25) is 0 Å². The predicted octanol–water partition coefficient (Wildman–Crippen LogP) is 2.67. The zero-order chi connectivity index (χ0) is 20.0. The molecule has 5 rings (SSSR count). The number of benzene rings is 1. The number of halogens is 1. The lowest BCUT2D eigenvalue weighted by Crippen LogP contribution is -2.27. The van der Waals surface area contributed by atoms with Crippen molar-refractivity contribution in [1.82, 2.24) is 24.6 Å². The fourth-order valence-corrected chi connectivity index (χ4v) is 4.05. The second kappa shape index (κ2) is 7.04. The minimum Gasteiger partial charge on any atom is -0.310 e. The van der Waals surface area contributed by atoms with Crippen molar-refractivity contribution in [3.05, 3.63) is 58.7 Å². The Kier molecular flexibility index (Phi) is 4.35. The molecule has 1 aromatic carbocycles. The quantitative estimate of drug-likeness (QED) is 0.742. The third-order valence-electron chi connectivity index (χ3n) is 5.57. The van der Waals surface area contributed by atoms with E-state index in [1.807, 2.05) is 17.7 Å². The van der Waals surface area contributed by atoms with Crippen LogP contribution in [0.5, 0.6) is 0 Å². The lowest BCUT2D eigenvalue weighted by atomic mass is 9.97. The number of likely N-dealkylation sites (N-methyl/N-ethyl adjacent to an activating group) is 1. The number of hydrogen-bond acceptors (Lipinski definition) is 5. The Balaban J connectivity index is 1.41. The maximum Gasteiger partial charge on any atom is 0.259 e. The van der Waals surface area contributed by atoms with Crippen LogP contribution < -0.4 is 5.32 Å². The Morgan fingerprint density at radius 2 is 2.03 bits per heavy atom. The van der Waals surface area contributed by atoms with Crippen LogP contribution in [-0.4, -0.2) is 44.1 Å². The Hall–Kier alpha value is -3.13. The number of carbonyl (C=O) groups excluding carboxylic acids is 1. The summed E-state index contributed by atoms with van der Waals surface area (Å²) in [5.41, 5.74) is 2.63. The molecule has 0 bridgehead atoms. The van der Waals surface area contributed by atoms with Gasteiger partial charge < -0.3 is 14.8 Å². The van der Waals surface area contributed by atoms with Gasteiger partial charge in [0.15, 0.2) is 5.82 Å². The maximum absolute atomic E-state index is 14.6. The van der Waals surface area contributed by atoms with Crippen molar-refractivity contribution in [1.29, 1.82) is 0 Å². The van der Waals surface area contributed by atoms with Crippen molar-refractivity contribution >= 4 is 11.7 Å². The number of rotatable bonds is 3. The molecule has 1 amide bonds. The lowest BCUT2D eigenvalue weighted by molar-refractivity contribution is 0.102. The number of carbonyl (C=O) groups is 1. The van der Waals surface area contributed by atoms with Crippen LogP contribution in [0.15, 0.2) is 30.3 Å². The van der Waals surface area contributed by atoms with Crippen molar-refractivity contribution in [2.24, 2.45) is 0 Å². The molecule has 2 aliphatic rings. The van der Waals surface area contributed by atoms with Gasteiger partial charge in [-0.05, 0) is 55.3 Å². The first-order chi connectivity index (χ1) is 14.1. The van der Waals surface area contributed by atoms with Crippen molar-refractivity contribution in [2.45, 2.75) is 32.4 Å². The molecule has 29 heavy (non-hydrogen) atoms. The Morgan fingerprint density at radius 1 is 1.14 bits per heavy atom. The van der Waals surface area contributed by atoms with Crippen LogP contribution in [0.4, 0.5) is 10.2 Å². The third-order valence-corrected chi connectivity index (χ3v) is 5.57. The standard InChI is InChI=1S/C21H21FN6O/c1-27-9-7-13-11-16(22)15(10-14(13)12-27)21(29)24-18-5-2-4-17(23-18)20-26-25-19-6-3-8-28(19)20/h2,4-5,10-11H,3,6-9,12H2,1H3,(H,23,24,29). The number of nitrogens with zero attached hydrogens (tertiary/aromatic N) is 5. The van der Waals surface area contributed by atoms with Gasteiger partial charge in [-0.25, -0.2) is 9.37 Å². The second-order valence-corrected chi connectivity index (χ2v) is 7.65. The first-order valence-electron chi connectivity index (χ1n) is 9.79. The first-order valence-corrected chi connectivity index (χ1v) is 9.79. The van der Waals surface area contributed by atoms with Gasteiger partial charge in [-0.1, -0.05) is 6.07 Å². The Labute approximate surface area is 167 Å². The predicted molar refractivity (Wildman–Crippen MR) is 106 cm³/mol. The van der Waals surface area contributed by atoms with Gasteiger partial charge in [0, 0.05) is 26.1 Å². The smallest absolute Gasteiger partial charge is 0.259 e. The van der Waals surface area contributed by atoms with Gasteiger partial charge in [0.1, 0.15) is 23.2 Å². The molecule has 1 N–H and O–H groups in total. The van der Waals surface area contributed by atoms with Gasteiger partial charge in [-0.2, -0.15) is 0 Å². The van der Waals surface area contributed by atoms with Crippen LogP contribution in [0, 0.1) is 5.82 Å². The topological polar surface area (TPSA) is 75.9 Å². The zero-order valence-corrected chi connectivity index (χ0v) is 16.2. The van der Waals surface area contributed by atoms with Crippen LogP contribution in [0.2, 0.25) is 0 Å². The highest BCUT2D eigenvalue weighted by molar-refractivity contribution is 6.04. The molecule has 0 saturated heterocycles. The number of anilines is 1. The molecule has 3 aromatic rings. The van der Waals surface area contributed by atoms with E-state index in [-0.39, 0.29) is 5.56 Å². The number of nitrogens with one attached hydrogen (secondary N) is 1. The van der Waals surface area contributed by atoms with E-state index in [1.54, 1.807) is 18.2 Å². The van der Waals surface area contributed by atoms with Crippen LogP contribution in [0.3, 0.4) is 0 Å². The maximum atomic E-state index is 14.6. The molecule has 0 atom stereocenters. The largest absolute Gasteiger partial charge is 0.310 e. The molecule has 2 aliphatic heterocycles. The molecule has 0 unspecified atom stereocenters. The molecular weight excluding hydrogens is 371 g/mol. The summed E-state index contributed by atoms with van der Waals surface area (Å²) in [5, 5.41) is 11.2. The summed E-state index contributed by atoms with van der Waals surface area (Å²) in [6.07, 6.45) is 2.74. The molecule has 0 radical (unpaired) electrons. The number of aromatic nitrogens is 4. The minimum absolute atomic E-state index is 0.0367. The lowest BCUT2D eigenvalue weighted by Gasteiger charge is -2.25. The van der Waals surface area contributed by atoms with Gasteiger partial charge >= 0.3 is 0 Å². The van der Waals surface area contributed by atoms with E-state index < -0.39 is 11.7 Å². The van der Waals surface area contributed by atoms with Crippen LogP contribution in [0.1, 0.15) is 33.7 Å². The van der Waals surface area contributed by atoms with E-state index in [4.69, 9.17) is 0 Å². The number of pyridine rings is 1. The van der Waals surface area contributed by atoms with E-state index in [0.29, 0.717) is 23.9 Å². The summed E-state index contributed by atoms with van der Waals surface area (Å²) in [6, 6.07) is 8.46. The van der Waals surface area contributed by atoms with E-state index in [1.165, 1.54) is 6.07 Å². The summed E-state index contributed by atoms with van der Waals surface area (Å²) in [4.78, 5) is 19.4. The summed E-state index contributed by atoms with van der Waals surface area (Å²) < 4.78 is 16.6. The SMILES string of the molecule is CN1CCc2cc(F)c(C(=O)Nc3cccc(-c4nnc5n4CCC5)n3)cc2C1. The molecule has 0 spiro atoms. The molecule has 0 saturated carbocycles. The Morgan fingerprint density at radius 3 is 2.93 bits per heavy atom. The molecule has 7 nitrogen and oxygen atoms in total. The first kappa shape index (κ1) is 17.9. The molecule has 0 fully saturated rings. The molecule has 8 heteroatoms. The summed E-state index contributed by atoms with van der Waals surface area (Å²) in [6.45, 7) is 2.47. The highest BCUT2D eigenvalue weighted by atomic mass is 19.1. The van der Waals surface area contributed by atoms with Crippen molar-refractivity contribution in [3.63, 3.8) is 0 Å².